The third kappa shape index (κ3) is 2.10. The lowest BCUT2D eigenvalue weighted by molar-refractivity contribution is 0.123. The van der Waals surface area contributed by atoms with Crippen LogP contribution in [0.4, 0.5) is 0 Å². The number of nitrogens with one attached hydrogen (secondary N) is 1. The summed E-state index contributed by atoms with van der Waals surface area (Å²) in [5, 5.41) is 3.34. The predicted octanol–water partition coefficient (Wildman–Crippen LogP) is 0.705. The third-order valence-corrected chi connectivity index (χ3v) is 3.79. The molecule has 1 N–H and O–H groups in total. The Bertz CT molecular complexity index is 182. The molecule has 2 unspecified atom stereocenters. The molecule has 14 heavy (non-hydrogen) atoms. The zero-order chi connectivity index (χ0) is 9.97. The largest absolute Gasteiger partial charge is 0.379 e. The van der Waals surface area contributed by atoms with Gasteiger partial charge < -0.3 is 15.0 Å². The molecule has 0 bridgehead atoms. The van der Waals surface area contributed by atoms with Crippen molar-refractivity contribution in [2.75, 3.05) is 33.9 Å². The molecule has 0 spiro atoms. The highest BCUT2D eigenvalue weighted by Crippen LogP contribution is 2.25. The van der Waals surface area contributed by atoms with Crippen molar-refractivity contribution in [3.63, 3.8) is 0 Å². The standard InChI is InChI=1S/C11H22N2O/c1-12-11-8-14-7-9(11)6-13(2)10-4-3-5-10/h9-12H,3-8H2,1-2H3. The molecule has 1 aliphatic heterocycles. The van der Waals surface area contributed by atoms with Gasteiger partial charge in [0.25, 0.3) is 0 Å². The van der Waals surface area contributed by atoms with Gasteiger partial charge in [-0.3, -0.25) is 0 Å². The summed E-state index contributed by atoms with van der Waals surface area (Å²) in [6, 6.07) is 1.42. The van der Waals surface area contributed by atoms with Crippen LogP contribution in [0.1, 0.15) is 19.3 Å². The smallest absolute Gasteiger partial charge is 0.0623 e. The van der Waals surface area contributed by atoms with Gasteiger partial charge in [-0.2, -0.15) is 0 Å². The lowest BCUT2D eigenvalue weighted by atomic mass is 9.90. The molecule has 0 radical (unpaired) electrons. The van der Waals surface area contributed by atoms with Crippen LogP contribution < -0.4 is 5.32 Å². The van der Waals surface area contributed by atoms with Crippen LogP contribution >= 0.6 is 0 Å². The number of nitrogens with zero attached hydrogens (tertiary/aromatic N) is 1. The van der Waals surface area contributed by atoms with Gasteiger partial charge in [0.1, 0.15) is 0 Å². The molecule has 2 aliphatic rings. The van der Waals surface area contributed by atoms with Crippen LogP contribution in [0.25, 0.3) is 0 Å². The Kier molecular flexibility index (Phi) is 3.42. The van der Waals surface area contributed by atoms with E-state index in [1.165, 1.54) is 25.8 Å². The highest BCUT2D eigenvalue weighted by atomic mass is 16.5. The first-order valence-electron chi connectivity index (χ1n) is 5.76. The van der Waals surface area contributed by atoms with Crippen LogP contribution in [0.15, 0.2) is 0 Å². The van der Waals surface area contributed by atoms with E-state index in [0.29, 0.717) is 12.0 Å². The van der Waals surface area contributed by atoms with E-state index in [9.17, 15) is 0 Å². The van der Waals surface area contributed by atoms with Crippen LogP contribution in [0.2, 0.25) is 0 Å². The molecule has 0 aromatic carbocycles. The van der Waals surface area contributed by atoms with Gasteiger partial charge in [0.15, 0.2) is 0 Å². The zero-order valence-corrected chi connectivity index (χ0v) is 9.33. The van der Waals surface area contributed by atoms with E-state index in [0.717, 1.165) is 19.3 Å². The van der Waals surface area contributed by atoms with E-state index < -0.39 is 0 Å². The van der Waals surface area contributed by atoms with Crippen molar-refractivity contribution >= 4 is 0 Å². The summed E-state index contributed by atoms with van der Waals surface area (Å²) in [5.74, 6) is 0.686. The van der Waals surface area contributed by atoms with Gasteiger partial charge in [-0.15, -0.1) is 0 Å². The van der Waals surface area contributed by atoms with Crippen molar-refractivity contribution in [3.05, 3.63) is 0 Å². The molecule has 1 saturated heterocycles. The highest BCUT2D eigenvalue weighted by molar-refractivity contribution is 4.85. The molecular weight excluding hydrogens is 176 g/mol. The Morgan fingerprint density at radius 3 is 2.71 bits per heavy atom. The molecule has 2 fully saturated rings. The summed E-state index contributed by atoms with van der Waals surface area (Å²) in [7, 11) is 4.30. The first kappa shape index (κ1) is 10.4. The molecule has 3 nitrogen and oxygen atoms in total. The van der Waals surface area contributed by atoms with E-state index in [1.54, 1.807) is 0 Å². The van der Waals surface area contributed by atoms with Crippen LogP contribution in [-0.4, -0.2) is 50.8 Å². The molecule has 3 heteroatoms. The maximum absolute atomic E-state index is 5.50. The number of hydrogen-bond donors (Lipinski definition) is 1. The molecule has 0 aromatic rings. The van der Waals surface area contributed by atoms with E-state index >= 15 is 0 Å². The lowest BCUT2D eigenvalue weighted by Crippen LogP contribution is -2.44. The monoisotopic (exact) mass is 198 g/mol. The Hall–Kier alpha value is -0.120. The molecule has 2 rings (SSSR count). The van der Waals surface area contributed by atoms with Crippen LogP contribution in [-0.2, 0) is 4.74 Å². The van der Waals surface area contributed by atoms with E-state index in [2.05, 4.69) is 17.3 Å². The summed E-state index contributed by atoms with van der Waals surface area (Å²) in [5.41, 5.74) is 0. The fraction of sp³-hybridized carbons (Fsp3) is 1.00. The molecule has 0 aromatic heterocycles. The zero-order valence-electron chi connectivity index (χ0n) is 9.33. The minimum atomic E-state index is 0.567. The molecule has 1 aliphatic carbocycles. The molecule has 0 amide bonds. The second-order valence-corrected chi connectivity index (χ2v) is 4.72. The molecule has 1 saturated carbocycles. The number of rotatable bonds is 4. The van der Waals surface area contributed by atoms with Crippen molar-refractivity contribution in [2.45, 2.75) is 31.3 Å². The quantitative estimate of drug-likeness (QED) is 0.720. The van der Waals surface area contributed by atoms with E-state index in [-0.39, 0.29) is 0 Å². The molecule has 82 valence electrons. The molecule has 2 atom stereocenters. The van der Waals surface area contributed by atoms with Crippen LogP contribution in [0.3, 0.4) is 0 Å². The maximum atomic E-state index is 5.50. The van der Waals surface area contributed by atoms with Gasteiger partial charge in [-0.05, 0) is 26.9 Å². The van der Waals surface area contributed by atoms with Crippen molar-refractivity contribution < 1.29 is 4.74 Å². The predicted molar refractivity (Wildman–Crippen MR) is 57.4 cm³/mol. The van der Waals surface area contributed by atoms with E-state index in [4.69, 9.17) is 4.74 Å². The fourth-order valence-corrected chi connectivity index (χ4v) is 2.44. The Balaban J connectivity index is 1.77. The Morgan fingerprint density at radius 1 is 1.36 bits per heavy atom. The third-order valence-electron chi connectivity index (χ3n) is 3.79. The van der Waals surface area contributed by atoms with Gasteiger partial charge >= 0.3 is 0 Å². The maximum Gasteiger partial charge on any atom is 0.0623 e. The van der Waals surface area contributed by atoms with Gasteiger partial charge in [0, 0.05) is 24.5 Å². The number of ether oxygens (including phenoxy) is 1. The second-order valence-electron chi connectivity index (χ2n) is 4.72. The first-order valence-corrected chi connectivity index (χ1v) is 5.76. The number of hydrogen-bond acceptors (Lipinski definition) is 3. The average Bonchev–Trinajstić information content (AvgIpc) is 2.48. The minimum absolute atomic E-state index is 0.567. The lowest BCUT2D eigenvalue weighted by Gasteiger charge is -2.36. The summed E-state index contributed by atoms with van der Waals surface area (Å²) >= 11 is 0. The second kappa shape index (κ2) is 4.60. The van der Waals surface area contributed by atoms with Crippen molar-refractivity contribution in [3.8, 4) is 0 Å². The van der Waals surface area contributed by atoms with Crippen molar-refractivity contribution in [1.82, 2.24) is 10.2 Å². The molecule has 1 heterocycles. The normalized spacial score (nSPS) is 33.6. The van der Waals surface area contributed by atoms with E-state index in [1.807, 2.05) is 7.05 Å². The van der Waals surface area contributed by atoms with Crippen molar-refractivity contribution in [2.24, 2.45) is 5.92 Å². The summed E-state index contributed by atoms with van der Waals surface area (Å²) in [6.07, 6.45) is 4.22. The molecular formula is C11H22N2O. The Labute approximate surface area is 86.8 Å². The van der Waals surface area contributed by atoms with Gasteiger partial charge in [-0.25, -0.2) is 0 Å². The minimum Gasteiger partial charge on any atom is -0.379 e. The van der Waals surface area contributed by atoms with Crippen LogP contribution in [0.5, 0.6) is 0 Å². The fourth-order valence-electron chi connectivity index (χ4n) is 2.44. The highest BCUT2D eigenvalue weighted by Gasteiger charge is 2.30. The Morgan fingerprint density at radius 2 is 2.14 bits per heavy atom. The first-order chi connectivity index (χ1) is 6.81. The van der Waals surface area contributed by atoms with Gasteiger partial charge in [0.05, 0.1) is 13.2 Å². The van der Waals surface area contributed by atoms with Gasteiger partial charge in [0.2, 0.25) is 0 Å². The topological polar surface area (TPSA) is 24.5 Å². The number of likely N-dealkylation sites (N-methyl/N-ethyl adjacent to an activating group) is 1. The average molecular weight is 198 g/mol. The van der Waals surface area contributed by atoms with Gasteiger partial charge in [-0.1, -0.05) is 6.42 Å². The summed E-state index contributed by atoms with van der Waals surface area (Å²) in [4.78, 5) is 2.52. The van der Waals surface area contributed by atoms with Crippen LogP contribution in [0, 0.1) is 5.92 Å². The summed E-state index contributed by atoms with van der Waals surface area (Å²) in [6.45, 7) is 3.01. The SMILES string of the molecule is CNC1COCC1CN(C)C1CCC1. The van der Waals surface area contributed by atoms with Crippen molar-refractivity contribution in [1.29, 1.82) is 0 Å². The summed E-state index contributed by atoms with van der Waals surface area (Å²) < 4.78 is 5.50.